The Kier molecular flexibility index (Phi) is 3.79. The van der Waals surface area contributed by atoms with Crippen LogP contribution in [0, 0.1) is 0 Å². The van der Waals surface area contributed by atoms with Crippen molar-refractivity contribution in [3.05, 3.63) is 34.8 Å². The second-order valence-electron chi connectivity index (χ2n) is 4.86. The summed E-state index contributed by atoms with van der Waals surface area (Å²) in [4.78, 5) is 8.86. The van der Waals surface area contributed by atoms with Crippen LogP contribution in [-0.4, -0.2) is 21.1 Å². The summed E-state index contributed by atoms with van der Waals surface area (Å²) in [5, 5.41) is 2.98. The van der Waals surface area contributed by atoms with Crippen molar-refractivity contribution in [1.29, 1.82) is 0 Å². The van der Waals surface area contributed by atoms with E-state index in [1.807, 2.05) is 34.3 Å². The maximum atomic E-state index is 6.13. The summed E-state index contributed by atoms with van der Waals surface area (Å²) < 4.78 is 7.77. The van der Waals surface area contributed by atoms with Gasteiger partial charge in [-0.2, -0.15) is 0 Å². The number of nitrogens with zero attached hydrogens (tertiary/aromatic N) is 3. The minimum atomic E-state index is 0.0522. The van der Waals surface area contributed by atoms with Gasteiger partial charge >= 0.3 is 0 Å². The molecule has 0 saturated heterocycles. The summed E-state index contributed by atoms with van der Waals surface area (Å²) >= 11 is 1.62. The fourth-order valence-corrected chi connectivity index (χ4v) is 3.08. The summed E-state index contributed by atoms with van der Waals surface area (Å²) in [5.74, 6) is 1.27. The Labute approximate surface area is 127 Å². The van der Waals surface area contributed by atoms with Gasteiger partial charge in [0.2, 0.25) is 5.95 Å². The molecule has 3 aromatic rings. The Morgan fingerprint density at radius 1 is 1.43 bits per heavy atom. The van der Waals surface area contributed by atoms with Crippen LogP contribution in [0.4, 0.5) is 5.95 Å². The second-order valence-corrected chi connectivity index (χ2v) is 5.78. The quantitative estimate of drug-likeness (QED) is 0.783. The number of nitrogen functional groups attached to an aromatic ring is 1. The lowest BCUT2D eigenvalue weighted by Gasteiger charge is -2.13. The molecule has 2 aromatic heterocycles. The maximum absolute atomic E-state index is 6.13. The van der Waals surface area contributed by atoms with Crippen molar-refractivity contribution in [2.75, 3.05) is 12.3 Å². The summed E-state index contributed by atoms with van der Waals surface area (Å²) in [6.07, 6.45) is 2.77. The van der Waals surface area contributed by atoms with Crippen molar-refractivity contribution < 1.29 is 4.74 Å². The molecule has 0 aliphatic heterocycles. The molecular formula is C15H18N4OS. The molecule has 1 unspecified atom stereocenters. The van der Waals surface area contributed by atoms with Gasteiger partial charge in [-0.25, -0.2) is 9.97 Å². The Morgan fingerprint density at radius 3 is 3.00 bits per heavy atom. The van der Waals surface area contributed by atoms with Crippen LogP contribution in [0.15, 0.2) is 29.8 Å². The van der Waals surface area contributed by atoms with Crippen molar-refractivity contribution in [3.8, 4) is 5.75 Å². The number of anilines is 1. The van der Waals surface area contributed by atoms with Crippen molar-refractivity contribution in [3.63, 3.8) is 0 Å². The van der Waals surface area contributed by atoms with E-state index < -0.39 is 0 Å². The number of hydrogen-bond donors (Lipinski definition) is 1. The highest BCUT2D eigenvalue weighted by molar-refractivity contribution is 7.09. The average molecular weight is 302 g/mol. The van der Waals surface area contributed by atoms with Crippen LogP contribution in [-0.2, 0) is 0 Å². The Hall–Kier alpha value is -2.08. The number of benzene rings is 1. The molecular weight excluding hydrogens is 284 g/mol. The lowest BCUT2D eigenvalue weighted by molar-refractivity contribution is 0.320. The number of thiazole rings is 1. The molecule has 0 fully saturated rings. The number of para-hydroxylation sites is 1. The molecule has 0 aliphatic rings. The molecule has 0 spiro atoms. The van der Waals surface area contributed by atoms with Crippen molar-refractivity contribution >= 4 is 28.3 Å². The predicted molar refractivity (Wildman–Crippen MR) is 85.9 cm³/mol. The number of hydrogen-bond acceptors (Lipinski definition) is 5. The van der Waals surface area contributed by atoms with Gasteiger partial charge in [0.15, 0.2) is 0 Å². The van der Waals surface area contributed by atoms with Crippen molar-refractivity contribution in [1.82, 2.24) is 14.5 Å². The highest BCUT2D eigenvalue weighted by Gasteiger charge is 2.19. The molecule has 3 rings (SSSR count). The third-order valence-corrected chi connectivity index (χ3v) is 4.31. The lowest BCUT2D eigenvalue weighted by atomic mass is 10.2. The van der Waals surface area contributed by atoms with Gasteiger partial charge < -0.3 is 15.0 Å². The topological polar surface area (TPSA) is 66.0 Å². The van der Waals surface area contributed by atoms with Crippen LogP contribution in [0.3, 0.4) is 0 Å². The number of nitrogens with two attached hydrogens (primary N) is 1. The van der Waals surface area contributed by atoms with E-state index in [9.17, 15) is 0 Å². The Balaban J connectivity index is 2.09. The van der Waals surface area contributed by atoms with Gasteiger partial charge in [-0.3, -0.25) is 0 Å². The van der Waals surface area contributed by atoms with E-state index in [1.165, 1.54) is 0 Å². The SMILES string of the molecule is CCCOc1cccc2c1nc(N)n2C(C)c1nccs1. The molecule has 2 N–H and O–H groups in total. The molecule has 1 aromatic carbocycles. The van der Waals surface area contributed by atoms with Crippen LogP contribution in [0.1, 0.15) is 31.3 Å². The van der Waals surface area contributed by atoms with Gasteiger partial charge in [0.1, 0.15) is 16.3 Å². The van der Waals surface area contributed by atoms with Gasteiger partial charge in [0, 0.05) is 11.6 Å². The van der Waals surface area contributed by atoms with E-state index in [0.29, 0.717) is 12.6 Å². The lowest BCUT2D eigenvalue weighted by Crippen LogP contribution is -2.09. The maximum Gasteiger partial charge on any atom is 0.202 e. The van der Waals surface area contributed by atoms with Crippen molar-refractivity contribution in [2.45, 2.75) is 26.3 Å². The Bertz CT molecular complexity index is 736. The standard InChI is InChI=1S/C15H18N4OS/c1-3-8-20-12-6-4-5-11-13(12)18-15(16)19(11)10(2)14-17-7-9-21-14/h4-7,9-10H,3,8H2,1-2H3,(H2,16,18). The first-order valence-corrected chi connectivity index (χ1v) is 7.89. The molecule has 6 heteroatoms. The highest BCUT2D eigenvalue weighted by Crippen LogP contribution is 2.32. The van der Waals surface area contributed by atoms with Crippen LogP contribution in [0.25, 0.3) is 11.0 Å². The second kappa shape index (κ2) is 5.73. The number of ether oxygens (including phenoxy) is 1. The normalized spacial score (nSPS) is 12.7. The van der Waals surface area contributed by atoms with Gasteiger partial charge in [-0.15, -0.1) is 11.3 Å². The van der Waals surface area contributed by atoms with Gasteiger partial charge in [0.25, 0.3) is 0 Å². The van der Waals surface area contributed by atoms with Crippen LogP contribution < -0.4 is 10.5 Å². The molecule has 0 amide bonds. The third-order valence-electron chi connectivity index (χ3n) is 3.37. The summed E-state index contributed by atoms with van der Waals surface area (Å²) in [5.41, 5.74) is 7.92. The zero-order valence-electron chi connectivity index (χ0n) is 12.1. The summed E-state index contributed by atoms with van der Waals surface area (Å²) in [6, 6.07) is 5.97. The molecule has 0 aliphatic carbocycles. The van der Waals surface area contributed by atoms with Crippen LogP contribution in [0.2, 0.25) is 0 Å². The zero-order chi connectivity index (χ0) is 14.8. The first-order chi connectivity index (χ1) is 10.2. The van der Waals surface area contributed by atoms with E-state index in [4.69, 9.17) is 10.5 Å². The first-order valence-electron chi connectivity index (χ1n) is 7.01. The minimum Gasteiger partial charge on any atom is -0.491 e. The fraction of sp³-hybridized carbons (Fsp3) is 0.333. The van der Waals surface area contributed by atoms with Gasteiger partial charge in [-0.1, -0.05) is 13.0 Å². The molecule has 21 heavy (non-hydrogen) atoms. The molecule has 2 heterocycles. The molecule has 0 saturated carbocycles. The van der Waals surface area contributed by atoms with E-state index in [0.717, 1.165) is 28.2 Å². The van der Waals surface area contributed by atoms with E-state index in [1.54, 1.807) is 11.3 Å². The zero-order valence-corrected chi connectivity index (χ0v) is 12.9. The summed E-state index contributed by atoms with van der Waals surface area (Å²) in [7, 11) is 0. The smallest absolute Gasteiger partial charge is 0.202 e. The van der Waals surface area contributed by atoms with Crippen LogP contribution in [0.5, 0.6) is 5.75 Å². The largest absolute Gasteiger partial charge is 0.491 e. The average Bonchev–Trinajstić information content (AvgIpc) is 3.11. The fourth-order valence-electron chi connectivity index (χ4n) is 2.40. The molecule has 110 valence electrons. The van der Waals surface area contributed by atoms with E-state index in [-0.39, 0.29) is 6.04 Å². The molecule has 1 atom stereocenters. The number of imidazole rings is 1. The molecule has 0 radical (unpaired) electrons. The number of aromatic nitrogens is 3. The van der Waals surface area contributed by atoms with Crippen LogP contribution >= 0.6 is 11.3 Å². The predicted octanol–water partition coefficient (Wildman–Crippen LogP) is 3.47. The molecule has 5 nitrogen and oxygen atoms in total. The minimum absolute atomic E-state index is 0.0522. The summed E-state index contributed by atoms with van der Waals surface area (Å²) in [6.45, 7) is 4.83. The van der Waals surface area contributed by atoms with E-state index in [2.05, 4.69) is 23.8 Å². The highest BCUT2D eigenvalue weighted by atomic mass is 32.1. The number of fused-ring (bicyclic) bond motifs is 1. The van der Waals surface area contributed by atoms with Gasteiger partial charge in [-0.05, 0) is 25.5 Å². The molecule has 0 bridgehead atoms. The first kappa shape index (κ1) is 13.9. The van der Waals surface area contributed by atoms with Crippen molar-refractivity contribution in [2.24, 2.45) is 0 Å². The number of rotatable bonds is 5. The monoisotopic (exact) mass is 302 g/mol. The van der Waals surface area contributed by atoms with E-state index >= 15 is 0 Å². The Morgan fingerprint density at radius 2 is 2.29 bits per heavy atom. The van der Waals surface area contributed by atoms with Gasteiger partial charge in [0.05, 0.1) is 18.2 Å². The third kappa shape index (κ3) is 2.47.